The predicted molar refractivity (Wildman–Crippen MR) is 142 cm³/mol. The molecule has 2 aliphatic rings. The molecule has 0 spiro atoms. The summed E-state index contributed by atoms with van der Waals surface area (Å²) in [5.74, 6) is -0.699. The van der Waals surface area contributed by atoms with Gasteiger partial charge in [-0.05, 0) is 31.2 Å². The van der Waals surface area contributed by atoms with E-state index in [-0.39, 0.29) is 22.3 Å². The van der Waals surface area contributed by atoms with Crippen molar-refractivity contribution in [2.24, 2.45) is 0 Å². The molecule has 3 heterocycles. The number of hydrogen-bond acceptors (Lipinski definition) is 14. The summed E-state index contributed by atoms with van der Waals surface area (Å²) in [6.07, 6.45) is -15.9. The first-order chi connectivity index (χ1) is 20.0. The second kappa shape index (κ2) is 11.8. The average molecular weight is 593 g/mol. The van der Waals surface area contributed by atoms with Crippen molar-refractivity contribution >= 4 is 11.0 Å². The zero-order valence-corrected chi connectivity index (χ0v) is 22.5. The molecule has 10 atom stereocenters. The van der Waals surface area contributed by atoms with Crippen molar-refractivity contribution in [3.05, 3.63) is 52.2 Å². The normalized spacial score (nSPS) is 33.5. The molecule has 228 valence electrons. The van der Waals surface area contributed by atoms with Crippen LogP contribution in [0, 0.1) is 0 Å². The van der Waals surface area contributed by atoms with Crippen LogP contribution in [-0.2, 0) is 14.2 Å². The summed E-state index contributed by atoms with van der Waals surface area (Å²) in [4.78, 5) is 13.2. The van der Waals surface area contributed by atoms with E-state index in [2.05, 4.69) is 0 Å². The minimum atomic E-state index is -1.84. The molecule has 8 N–H and O–H groups in total. The third-order valence-corrected chi connectivity index (χ3v) is 7.62. The number of benzene rings is 2. The van der Waals surface area contributed by atoms with Crippen LogP contribution in [0.15, 0.2) is 45.6 Å². The molecule has 0 radical (unpaired) electrons. The average Bonchev–Trinajstić information content (AvgIpc) is 2.97. The molecule has 14 nitrogen and oxygen atoms in total. The molecule has 14 heteroatoms. The Labute approximate surface area is 238 Å². The first-order valence-corrected chi connectivity index (χ1v) is 13.1. The number of aromatic hydroxyl groups is 2. The van der Waals surface area contributed by atoms with Crippen LogP contribution in [0.2, 0.25) is 0 Å². The van der Waals surface area contributed by atoms with Crippen molar-refractivity contribution in [1.29, 1.82) is 0 Å². The monoisotopic (exact) mass is 592 g/mol. The van der Waals surface area contributed by atoms with E-state index in [4.69, 9.17) is 23.4 Å². The Bertz CT molecular complexity index is 1470. The Morgan fingerprint density at radius 3 is 2.19 bits per heavy atom. The highest BCUT2D eigenvalue weighted by Gasteiger charge is 2.51. The van der Waals surface area contributed by atoms with Gasteiger partial charge in [-0.3, -0.25) is 4.79 Å². The maximum absolute atomic E-state index is 13.2. The van der Waals surface area contributed by atoms with Gasteiger partial charge in [0.1, 0.15) is 77.2 Å². The van der Waals surface area contributed by atoms with Gasteiger partial charge in [0.05, 0.1) is 25.4 Å². The topological polar surface area (TPSA) is 229 Å². The molecule has 0 bridgehead atoms. The smallest absolute Gasteiger partial charge is 0.197 e. The summed E-state index contributed by atoms with van der Waals surface area (Å²) in [6, 6.07) is 8.47. The Hall–Kier alpha value is -3.31. The van der Waals surface area contributed by atoms with Gasteiger partial charge in [0, 0.05) is 17.7 Å². The SMILES string of the molecule is COc1ccc(-c2cc(=O)c3c(O)cc(O)c([C@@H]4O[C@H](CO)[C@H](O)[C@H](O)[C@@H]4O[C@@H]4O[C@@H](C)[C@@H](O)[C@H](O)[C@@H]4O)c3o2)cc1. The van der Waals surface area contributed by atoms with E-state index in [1.165, 1.54) is 14.0 Å². The highest BCUT2D eigenvalue weighted by molar-refractivity contribution is 5.89. The van der Waals surface area contributed by atoms with E-state index in [0.29, 0.717) is 11.3 Å². The molecule has 1 aromatic heterocycles. The summed E-state index contributed by atoms with van der Waals surface area (Å²) in [6.45, 7) is 0.635. The number of hydrogen-bond donors (Lipinski definition) is 8. The van der Waals surface area contributed by atoms with Gasteiger partial charge in [-0.1, -0.05) is 0 Å². The number of methoxy groups -OCH3 is 1. The standard InChI is InChI=1S/C28H32O14/c1-10-20(33)22(35)24(37)28(39-10)42-27-23(36)21(34)17(9-29)41-26(27)19-14(31)7-13(30)18-15(32)8-16(40-25(18)19)11-3-5-12(38-2)6-4-11/h3-8,10,17,20-24,26-31,33-37H,9H2,1-2H3/t10-,17+,20+,21-,22-,23-,24-,26-,27-,28-/m0/s1. The maximum Gasteiger partial charge on any atom is 0.197 e. The van der Waals surface area contributed by atoms with Crippen LogP contribution in [0.5, 0.6) is 17.2 Å². The molecule has 3 aromatic rings. The maximum atomic E-state index is 13.2. The highest BCUT2D eigenvalue weighted by Crippen LogP contribution is 2.45. The van der Waals surface area contributed by atoms with Crippen LogP contribution >= 0.6 is 0 Å². The number of ether oxygens (including phenoxy) is 4. The number of rotatable bonds is 6. The van der Waals surface area contributed by atoms with Crippen molar-refractivity contribution in [2.75, 3.05) is 13.7 Å². The molecule has 2 aliphatic heterocycles. The second-order valence-corrected chi connectivity index (χ2v) is 10.3. The van der Waals surface area contributed by atoms with Gasteiger partial charge in [0.15, 0.2) is 17.3 Å². The quantitative estimate of drug-likeness (QED) is 0.176. The first-order valence-electron chi connectivity index (χ1n) is 13.1. The number of phenolic OH excluding ortho intramolecular Hbond substituents is 2. The van der Waals surface area contributed by atoms with Crippen molar-refractivity contribution in [1.82, 2.24) is 0 Å². The fourth-order valence-electron chi connectivity index (χ4n) is 5.25. The fourth-order valence-corrected chi connectivity index (χ4v) is 5.25. The van der Waals surface area contributed by atoms with E-state index in [1.807, 2.05) is 0 Å². The molecular formula is C28H32O14. The zero-order valence-electron chi connectivity index (χ0n) is 22.5. The van der Waals surface area contributed by atoms with Gasteiger partial charge in [0.2, 0.25) is 0 Å². The lowest BCUT2D eigenvalue weighted by Gasteiger charge is -2.46. The van der Waals surface area contributed by atoms with Crippen LogP contribution in [0.1, 0.15) is 18.6 Å². The fraction of sp³-hybridized carbons (Fsp3) is 0.464. The van der Waals surface area contributed by atoms with E-state index >= 15 is 0 Å². The lowest BCUT2D eigenvalue weighted by Crippen LogP contribution is -2.61. The van der Waals surface area contributed by atoms with Crippen molar-refractivity contribution in [3.8, 4) is 28.6 Å². The van der Waals surface area contributed by atoms with Crippen LogP contribution < -0.4 is 10.2 Å². The lowest BCUT2D eigenvalue weighted by molar-refractivity contribution is -0.338. The summed E-state index contributed by atoms with van der Waals surface area (Å²) >= 11 is 0. The minimum Gasteiger partial charge on any atom is -0.507 e. The molecule has 0 aliphatic carbocycles. The van der Waals surface area contributed by atoms with Crippen molar-refractivity contribution < 1.29 is 64.2 Å². The number of phenols is 2. The minimum absolute atomic E-state index is 0.0333. The lowest BCUT2D eigenvalue weighted by atomic mass is 9.89. The van der Waals surface area contributed by atoms with E-state index in [9.17, 15) is 45.6 Å². The van der Waals surface area contributed by atoms with Crippen LogP contribution in [-0.4, -0.2) is 110 Å². The van der Waals surface area contributed by atoms with E-state index < -0.39 is 84.8 Å². The molecule has 42 heavy (non-hydrogen) atoms. The van der Waals surface area contributed by atoms with Gasteiger partial charge in [-0.2, -0.15) is 0 Å². The molecule has 2 fully saturated rings. The molecule has 2 aromatic carbocycles. The highest BCUT2D eigenvalue weighted by atomic mass is 16.7. The van der Waals surface area contributed by atoms with Gasteiger partial charge in [-0.25, -0.2) is 0 Å². The van der Waals surface area contributed by atoms with E-state index in [0.717, 1.165) is 12.1 Å². The van der Waals surface area contributed by atoms with Crippen molar-refractivity contribution in [2.45, 2.75) is 68.1 Å². The van der Waals surface area contributed by atoms with Gasteiger partial charge in [0.25, 0.3) is 0 Å². The summed E-state index contributed by atoms with van der Waals surface area (Å²) in [5.41, 5.74) is -0.891. The Morgan fingerprint density at radius 2 is 1.55 bits per heavy atom. The van der Waals surface area contributed by atoms with Gasteiger partial charge >= 0.3 is 0 Å². The zero-order chi connectivity index (χ0) is 30.5. The van der Waals surface area contributed by atoms with Crippen LogP contribution in [0.3, 0.4) is 0 Å². The van der Waals surface area contributed by atoms with Crippen molar-refractivity contribution in [3.63, 3.8) is 0 Å². The Balaban J connectivity index is 1.66. The van der Waals surface area contributed by atoms with Gasteiger partial charge in [-0.15, -0.1) is 0 Å². The van der Waals surface area contributed by atoms with Crippen LogP contribution in [0.4, 0.5) is 0 Å². The molecular weight excluding hydrogens is 560 g/mol. The Morgan fingerprint density at radius 1 is 0.857 bits per heavy atom. The molecule has 5 rings (SSSR count). The van der Waals surface area contributed by atoms with Crippen LogP contribution in [0.25, 0.3) is 22.3 Å². The summed E-state index contributed by atoms with van der Waals surface area (Å²) in [7, 11) is 1.48. The number of aliphatic hydroxyl groups is 6. The molecule has 0 saturated carbocycles. The first kappa shape index (κ1) is 30.2. The summed E-state index contributed by atoms with van der Waals surface area (Å²) in [5, 5.41) is 83.7. The van der Waals surface area contributed by atoms with E-state index in [1.54, 1.807) is 24.3 Å². The van der Waals surface area contributed by atoms with Gasteiger partial charge < -0.3 is 64.2 Å². The molecule has 2 saturated heterocycles. The number of aliphatic hydroxyl groups excluding tert-OH is 6. The number of fused-ring (bicyclic) bond motifs is 1. The Kier molecular flexibility index (Phi) is 8.44. The molecule has 0 unspecified atom stereocenters. The summed E-state index contributed by atoms with van der Waals surface area (Å²) < 4.78 is 28.4. The predicted octanol–water partition coefficient (Wildman–Crippen LogP) is -0.754. The third-order valence-electron chi connectivity index (χ3n) is 7.62. The second-order valence-electron chi connectivity index (χ2n) is 10.3. The third kappa shape index (κ3) is 5.21. The molecule has 0 amide bonds. The largest absolute Gasteiger partial charge is 0.507 e.